The van der Waals surface area contributed by atoms with Gasteiger partial charge in [-0.05, 0) is 36.4 Å². The molecule has 22 heavy (non-hydrogen) atoms. The molecule has 1 N–H and O–H groups in total. The summed E-state index contributed by atoms with van der Waals surface area (Å²) in [7, 11) is 0. The van der Waals surface area contributed by atoms with E-state index < -0.39 is 0 Å². The Bertz CT molecular complexity index is 969. The van der Waals surface area contributed by atoms with Crippen LogP contribution in [0.4, 0.5) is 5.69 Å². The second-order valence-electron chi connectivity index (χ2n) is 5.40. The van der Waals surface area contributed by atoms with Crippen molar-refractivity contribution in [3.05, 3.63) is 72.7 Å². The van der Waals surface area contributed by atoms with Gasteiger partial charge in [0.05, 0.1) is 17.3 Å². The zero-order valence-electron chi connectivity index (χ0n) is 11.7. The molecule has 5 rings (SSSR count). The van der Waals surface area contributed by atoms with Crippen LogP contribution in [0.2, 0.25) is 0 Å². The molecule has 0 aliphatic carbocycles. The molecule has 0 saturated heterocycles. The van der Waals surface area contributed by atoms with Gasteiger partial charge in [-0.2, -0.15) is 0 Å². The highest BCUT2D eigenvalue weighted by Gasteiger charge is 2.29. The van der Waals surface area contributed by atoms with Crippen molar-refractivity contribution in [3.63, 3.8) is 0 Å². The summed E-state index contributed by atoms with van der Waals surface area (Å²) in [5, 5.41) is 3.56. The van der Waals surface area contributed by atoms with E-state index in [0.717, 1.165) is 33.9 Å². The molecule has 0 amide bonds. The second-order valence-corrected chi connectivity index (χ2v) is 5.40. The Morgan fingerprint density at radius 3 is 2.73 bits per heavy atom. The van der Waals surface area contributed by atoms with E-state index in [0.29, 0.717) is 0 Å². The molecule has 0 bridgehead atoms. The van der Waals surface area contributed by atoms with Crippen LogP contribution >= 0.6 is 0 Å². The summed E-state index contributed by atoms with van der Waals surface area (Å²) in [6.07, 6.45) is 1.61. The summed E-state index contributed by atoms with van der Waals surface area (Å²) in [4.78, 5) is 4.84. The molecule has 0 radical (unpaired) electrons. The third-order valence-corrected chi connectivity index (χ3v) is 4.13. The highest BCUT2D eigenvalue weighted by molar-refractivity contribution is 5.86. The van der Waals surface area contributed by atoms with Gasteiger partial charge >= 0.3 is 0 Å². The van der Waals surface area contributed by atoms with Crippen LogP contribution in [0.3, 0.4) is 0 Å². The van der Waals surface area contributed by atoms with Crippen molar-refractivity contribution in [2.24, 2.45) is 0 Å². The number of para-hydroxylation sites is 3. The molecule has 2 aromatic heterocycles. The van der Waals surface area contributed by atoms with Crippen LogP contribution in [0.5, 0.6) is 0 Å². The van der Waals surface area contributed by atoms with Crippen molar-refractivity contribution in [1.29, 1.82) is 0 Å². The van der Waals surface area contributed by atoms with E-state index in [1.165, 1.54) is 0 Å². The minimum absolute atomic E-state index is 0.0905. The third kappa shape index (κ3) is 1.49. The number of anilines is 1. The Morgan fingerprint density at radius 1 is 0.955 bits per heavy atom. The number of benzene rings is 2. The maximum atomic E-state index is 5.65. The van der Waals surface area contributed by atoms with Crippen molar-refractivity contribution in [1.82, 2.24) is 9.55 Å². The first-order valence-electron chi connectivity index (χ1n) is 7.28. The highest BCUT2D eigenvalue weighted by Crippen LogP contribution is 2.40. The number of aromatic nitrogens is 2. The predicted octanol–water partition coefficient (Wildman–Crippen LogP) is 4.27. The van der Waals surface area contributed by atoms with E-state index in [2.05, 4.69) is 28.1 Å². The fourth-order valence-electron chi connectivity index (χ4n) is 3.16. The molecular formula is C18H13N3O. The summed E-state index contributed by atoms with van der Waals surface area (Å²) in [6, 6.07) is 20.3. The molecule has 0 unspecified atom stereocenters. The number of fused-ring (bicyclic) bond motifs is 5. The smallest absolute Gasteiger partial charge is 0.165 e. The minimum atomic E-state index is -0.0905. The van der Waals surface area contributed by atoms with Gasteiger partial charge in [-0.1, -0.05) is 24.3 Å². The van der Waals surface area contributed by atoms with E-state index in [4.69, 9.17) is 9.40 Å². The second kappa shape index (κ2) is 4.24. The zero-order valence-corrected chi connectivity index (χ0v) is 11.7. The highest BCUT2D eigenvalue weighted by atomic mass is 16.3. The Morgan fingerprint density at radius 2 is 1.82 bits per heavy atom. The number of rotatable bonds is 1. The third-order valence-electron chi connectivity index (χ3n) is 4.13. The molecule has 4 heteroatoms. The lowest BCUT2D eigenvalue weighted by Gasteiger charge is -2.28. The van der Waals surface area contributed by atoms with Crippen LogP contribution in [0, 0.1) is 0 Å². The van der Waals surface area contributed by atoms with Gasteiger partial charge in [0, 0.05) is 11.3 Å². The summed E-state index contributed by atoms with van der Waals surface area (Å²) >= 11 is 0. The summed E-state index contributed by atoms with van der Waals surface area (Å²) in [6.45, 7) is 0. The van der Waals surface area contributed by atoms with Gasteiger partial charge in [-0.3, -0.25) is 4.57 Å². The molecule has 1 aliphatic rings. The molecule has 3 heterocycles. The topological polar surface area (TPSA) is 43.0 Å². The van der Waals surface area contributed by atoms with E-state index >= 15 is 0 Å². The maximum Gasteiger partial charge on any atom is 0.165 e. The van der Waals surface area contributed by atoms with Crippen LogP contribution in [0.25, 0.3) is 22.4 Å². The Kier molecular flexibility index (Phi) is 2.24. The number of nitrogens with one attached hydrogen (secondary N) is 1. The molecular weight excluding hydrogens is 274 g/mol. The monoisotopic (exact) mass is 287 g/mol. The maximum absolute atomic E-state index is 5.65. The molecule has 0 spiro atoms. The molecule has 1 atom stereocenters. The number of imidazole rings is 1. The molecule has 2 aromatic carbocycles. The summed E-state index contributed by atoms with van der Waals surface area (Å²) in [5.74, 6) is 1.84. The molecule has 106 valence electrons. The van der Waals surface area contributed by atoms with Gasteiger partial charge in [-0.15, -0.1) is 0 Å². The minimum Gasteiger partial charge on any atom is -0.465 e. The molecule has 4 nitrogen and oxygen atoms in total. The standard InChI is InChI=1S/C18H13N3O/c1-2-7-13-12(6-1)17-20-14-8-3-4-9-15(14)21(17)18(19-13)16-10-5-11-22-16/h1-11,18-19H/t18-/m0/s1. The van der Waals surface area contributed by atoms with Crippen molar-refractivity contribution in [3.8, 4) is 11.4 Å². The lowest BCUT2D eigenvalue weighted by atomic mass is 10.1. The quantitative estimate of drug-likeness (QED) is 0.568. The van der Waals surface area contributed by atoms with E-state index in [1.54, 1.807) is 6.26 Å². The van der Waals surface area contributed by atoms with Gasteiger partial charge in [0.1, 0.15) is 11.6 Å². The Hall–Kier alpha value is -3.01. The van der Waals surface area contributed by atoms with Gasteiger partial charge < -0.3 is 9.73 Å². The zero-order chi connectivity index (χ0) is 14.5. The summed E-state index contributed by atoms with van der Waals surface area (Å²) in [5.41, 5.74) is 4.28. The number of hydrogen-bond donors (Lipinski definition) is 1. The fourth-order valence-corrected chi connectivity index (χ4v) is 3.16. The van der Waals surface area contributed by atoms with Crippen LogP contribution in [-0.2, 0) is 0 Å². The van der Waals surface area contributed by atoms with Crippen LogP contribution in [-0.4, -0.2) is 9.55 Å². The van der Waals surface area contributed by atoms with Crippen LogP contribution < -0.4 is 5.32 Å². The van der Waals surface area contributed by atoms with Gasteiger partial charge in [0.25, 0.3) is 0 Å². The van der Waals surface area contributed by atoms with E-state index in [9.17, 15) is 0 Å². The van der Waals surface area contributed by atoms with Crippen molar-refractivity contribution in [2.75, 3.05) is 5.32 Å². The van der Waals surface area contributed by atoms with Crippen molar-refractivity contribution >= 4 is 16.7 Å². The van der Waals surface area contributed by atoms with Gasteiger partial charge in [0.2, 0.25) is 0 Å². The first-order chi connectivity index (χ1) is 10.9. The molecule has 4 aromatic rings. The van der Waals surface area contributed by atoms with Gasteiger partial charge in [-0.25, -0.2) is 4.98 Å². The fraction of sp³-hybridized carbons (Fsp3) is 0.0556. The lowest BCUT2D eigenvalue weighted by molar-refractivity contribution is 0.456. The molecule has 0 saturated carbocycles. The molecule has 1 aliphatic heterocycles. The van der Waals surface area contributed by atoms with Crippen LogP contribution in [0.1, 0.15) is 11.9 Å². The van der Waals surface area contributed by atoms with Crippen molar-refractivity contribution in [2.45, 2.75) is 6.17 Å². The first-order valence-corrected chi connectivity index (χ1v) is 7.28. The van der Waals surface area contributed by atoms with E-state index in [1.807, 2.05) is 42.5 Å². The normalized spacial score (nSPS) is 16.1. The largest absolute Gasteiger partial charge is 0.465 e. The Balaban J connectivity index is 1.87. The average molecular weight is 287 g/mol. The number of furan rings is 1. The summed E-state index contributed by atoms with van der Waals surface area (Å²) < 4.78 is 7.86. The molecule has 0 fully saturated rings. The average Bonchev–Trinajstić information content (AvgIpc) is 3.22. The first kappa shape index (κ1) is 11.6. The lowest BCUT2D eigenvalue weighted by Crippen LogP contribution is -2.24. The number of nitrogens with zero attached hydrogens (tertiary/aromatic N) is 2. The Labute approximate surface area is 127 Å². The van der Waals surface area contributed by atoms with Gasteiger partial charge in [0.15, 0.2) is 6.17 Å². The van der Waals surface area contributed by atoms with Crippen LogP contribution in [0.15, 0.2) is 71.3 Å². The van der Waals surface area contributed by atoms with Crippen molar-refractivity contribution < 1.29 is 4.42 Å². The SMILES string of the molecule is c1coc([C@H]2Nc3ccccc3-c3nc4ccccc4n32)c1. The predicted molar refractivity (Wildman–Crippen MR) is 85.6 cm³/mol. The number of hydrogen-bond acceptors (Lipinski definition) is 3. The van der Waals surface area contributed by atoms with E-state index in [-0.39, 0.29) is 6.17 Å².